The van der Waals surface area contributed by atoms with Gasteiger partial charge in [-0.25, -0.2) is 4.98 Å². The summed E-state index contributed by atoms with van der Waals surface area (Å²) in [5.74, 6) is 0.605. The standard InChI is InChI=1S/C22H22N4O/c1-15-3-5-19-20(11-15)25-22(24-19)18(14-23)13-17-4-6-21(16(2)12-17)26-7-9-27-10-8-26/h3-6,11-13H,7-10H2,1-2H3,(H,24,25). The quantitative estimate of drug-likeness (QED) is 0.717. The second-order valence-electron chi connectivity index (χ2n) is 6.92. The Morgan fingerprint density at radius 2 is 2.00 bits per heavy atom. The van der Waals surface area contributed by atoms with Gasteiger partial charge in [-0.2, -0.15) is 5.26 Å². The number of fused-ring (bicyclic) bond motifs is 1. The fourth-order valence-corrected chi connectivity index (χ4v) is 3.50. The molecule has 0 aliphatic carbocycles. The first-order valence-electron chi connectivity index (χ1n) is 9.16. The molecule has 1 aromatic heterocycles. The van der Waals surface area contributed by atoms with Crippen LogP contribution in [0.1, 0.15) is 22.5 Å². The van der Waals surface area contributed by atoms with Crippen molar-refractivity contribution < 1.29 is 4.74 Å². The van der Waals surface area contributed by atoms with Crippen LogP contribution < -0.4 is 4.90 Å². The maximum atomic E-state index is 9.65. The number of imidazole rings is 1. The highest BCUT2D eigenvalue weighted by atomic mass is 16.5. The van der Waals surface area contributed by atoms with E-state index in [4.69, 9.17) is 4.74 Å². The summed E-state index contributed by atoms with van der Waals surface area (Å²) in [5, 5.41) is 9.65. The van der Waals surface area contributed by atoms with Crippen LogP contribution in [-0.4, -0.2) is 36.3 Å². The Balaban J connectivity index is 1.65. The first kappa shape index (κ1) is 17.3. The Kier molecular flexibility index (Phi) is 4.66. The SMILES string of the molecule is Cc1ccc2nc(C(C#N)=Cc3ccc(N4CCOCC4)c(C)c3)[nH]c2c1. The van der Waals surface area contributed by atoms with Gasteiger partial charge in [0.15, 0.2) is 0 Å². The number of allylic oxidation sites excluding steroid dienone is 1. The highest BCUT2D eigenvalue weighted by Crippen LogP contribution is 2.25. The van der Waals surface area contributed by atoms with Gasteiger partial charge in [0.25, 0.3) is 0 Å². The zero-order valence-corrected chi connectivity index (χ0v) is 15.6. The van der Waals surface area contributed by atoms with Gasteiger partial charge in [-0.15, -0.1) is 0 Å². The second kappa shape index (κ2) is 7.26. The Morgan fingerprint density at radius 1 is 1.19 bits per heavy atom. The highest BCUT2D eigenvalue weighted by molar-refractivity contribution is 5.90. The first-order chi connectivity index (χ1) is 13.1. The number of rotatable bonds is 3. The van der Waals surface area contributed by atoms with E-state index in [2.05, 4.69) is 46.1 Å². The fourth-order valence-electron chi connectivity index (χ4n) is 3.50. The van der Waals surface area contributed by atoms with Crippen LogP contribution in [0.25, 0.3) is 22.7 Å². The summed E-state index contributed by atoms with van der Waals surface area (Å²) in [6.07, 6.45) is 1.89. The van der Waals surface area contributed by atoms with Gasteiger partial charge in [0, 0.05) is 18.8 Å². The summed E-state index contributed by atoms with van der Waals surface area (Å²) in [4.78, 5) is 10.2. The Labute approximate surface area is 158 Å². The molecule has 1 fully saturated rings. The zero-order valence-electron chi connectivity index (χ0n) is 15.6. The summed E-state index contributed by atoms with van der Waals surface area (Å²) in [6, 6.07) is 14.6. The second-order valence-corrected chi connectivity index (χ2v) is 6.92. The number of ether oxygens (including phenoxy) is 1. The molecule has 0 saturated carbocycles. The number of H-pyrrole nitrogens is 1. The zero-order chi connectivity index (χ0) is 18.8. The molecule has 3 aromatic rings. The van der Waals surface area contributed by atoms with E-state index in [-0.39, 0.29) is 0 Å². The van der Waals surface area contributed by atoms with E-state index < -0.39 is 0 Å². The lowest BCUT2D eigenvalue weighted by Crippen LogP contribution is -2.36. The average Bonchev–Trinajstić information content (AvgIpc) is 3.09. The van der Waals surface area contributed by atoms with Gasteiger partial charge in [-0.05, 0) is 60.9 Å². The van der Waals surface area contributed by atoms with Crippen LogP contribution >= 0.6 is 0 Å². The normalized spacial score (nSPS) is 15.1. The molecule has 0 bridgehead atoms. The van der Waals surface area contributed by atoms with Gasteiger partial charge >= 0.3 is 0 Å². The number of anilines is 1. The molecule has 5 heteroatoms. The number of hydrogen-bond donors (Lipinski definition) is 1. The summed E-state index contributed by atoms with van der Waals surface area (Å²) >= 11 is 0. The molecule has 1 aliphatic heterocycles. The molecule has 0 radical (unpaired) electrons. The van der Waals surface area contributed by atoms with Crippen LogP contribution in [0.15, 0.2) is 36.4 Å². The van der Waals surface area contributed by atoms with Crippen molar-refractivity contribution in [2.45, 2.75) is 13.8 Å². The van der Waals surface area contributed by atoms with E-state index >= 15 is 0 Å². The Morgan fingerprint density at radius 3 is 2.74 bits per heavy atom. The summed E-state index contributed by atoms with van der Waals surface area (Å²) in [6.45, 7) is 7.52. The Hall–Kier alpha value is -3.10. The van der Waals surface area contributed by atoms with E-state index in [1.54, 1.807) is 0 Å². The minimum atomic E-state index is 0.530. The molecule has 1 saturated heterocycles. The van der Waals surface area contributed by atoms with E-state index in [1.165, 1.54) is 11.3 Å². The molecule has 2 heterocycles. The van der Waals surface area contributed by atoms with Crippen LogP contribution in [-0.2, 0) is 4.74 Å². The van der Waals surface area contributed by atoms with E-state index in [0.29, 0.717) is 11.4 Å². The molecular weight excluding hydrogens is 336 g/mol. The highest BCUT2D eigenvalue weighted by Gasteiger charge is 2.14. The molecule has 1 N–H and O–H groups in total. The van der Waals surface area contributed by atoms with Crippen LogP contribution in [0.2, 0.25) is 0 Å². The predicted octanol–water partition coefficient (Wildman–Crippen LogP) is 4.08. The third kappa shape index (κ3) is 3.57. The number of hydrogen-bond acceptors (Lipinski definition) is 4. The first-order valence-corrected chi connectivity index (χ1v) is 9.16. The molecule has 1 aliphatic rings. The molecule has 0 spiro atoms. The van der Waals surface area contributed by atoms with Gasteiger partial charge in [0.2, 0.25) is 0 Å². The van der Waals surface area contributed by atoms with Crippen molar-refractivity contribution in [1.29, 1.82) is 5.26 Å². The van der Waals surface area contributed by atoms with Crippen molar-refractivity contribution >= 4 is 28.4 Å². The maximum Gasteiger partial charge on any atom is 0.149 e. The summed E-state index contributed by atoms with van der Waals surface area (Å²) < 4.78 is 5.44. The molecule has 0 amide bonds. The van der Waals surface area contributed by atoms with Crippen LogP contribution in [0.5, 0.6) is 0 Å². The maximum absolute atomic E-state index is 9.65. The fraction of sp³-hybridized carbons (Fsp3) is 0.273. The number of aromatic amines is 1. The van der Waals surface area contributed by atoms with E-state index in [1.807, 2.05) is 31.2 Å². The lowest BCUT2D eigenvalue weighted by Gasteiger charge is -2.30. The Bertz CT molecular complexity index is 1050. The third-order valence-electron chi connectivity index (χ3n) is 4.90. The largest absolute Gasteiger partial charge is 0.378 e. The van der Waals surface area contributed by atoms with Crippen molar-refractivity contribution in [2.75, 3.05) is 31.2 Å². The molecule has 0 atom stereocenters. The van der Waals surface area contributed by atoms with Crippen molar-refractivity contribution in [3.8, 4) is 6.07 Å². The monoisotopic (exact) mass is 358 g/mol. The van der Waals surface area contributed by atoms with E-state index in [0.717, 1.165) is 48.5 Å². The number of nitrogens with zero attached hydrogens (tertiary/aromatic N) is 3. The van der Waals surface area contributed by atoms with Crippen molar-refractivity contribution in [2.24, 2.45) is 0 Å². The van der Waals surface area contributed by atoms with Crippen molar-refractivity contribution in [3.63, 3.8) is 0 Å². The number of morpholine rings is 1. The van der Waals surface area contributed by atoms with E-state index in [9.17, 15) is 5.26 Å². The van der Waals surface area contributed by atoms with Crippen LogP contribution in [0.3, 0.4) is 0 Å². The van der Waals surface area contributed by atoms with Gasteiger partial charge in [-0.1, -0.05) is 12.1 Å². The molecule has 2 aromatic carbocycles. The number of nitrogens with one attached hydrogen (secondary N) is 1. The summed E-state index contributed by atoms with van der Waals surface area (Å²) in [7, 11) is 0. The van der Waals surface area contributed by atoms with Crippen LogP contribution in [0.4, 0.5) is 5.69 Å². The third-order valence-corrected chi connectivity index (χ3v) is 4.90. The van der Waals surface area contributed by atoms with Gasteiger partial charge in [-0.3, -0.25) is 0 Å². The van der Waals surface area contributed by atoms with Crippen LogP contribution in [0, 0.1) is 25.2 Å². The predicted molar refractivity (Wildman–Crippen MR) is 109 cm³/mol. The number of aryl methyl sites for hydroxylation is 2. The average molecular weight is 358 g/mol. The minimum absolute atomic E-state index is 0.530. The lowest BCUT2D eigenvalue weighted by atomic mass is 10.1. The molecular formula is C22H22N4O. The van der Waals surface area contributed by atoms with Crippen molar-refractivity contribution in [1.82, 2.24) is 9.97 Å². The molecule has 0 unspecified atom stereocenters. The summed E-state index contributed by atoms with van der Waals surface area (Å²) in [5.41, 5.74) is 6.94. The van der Waals surface area contributed by atoms with Gasteiger partial charge < -0.3 is 14.6 Å². The lowest BCUT2D eigenvalue weighted by molar-refractivity contribution is 0.122. The molecule has 5 nitrogen and oxygen atoms in total. The molecule has 27 heavy (non-hydrogen) atoms. The number of aromatic nitrogens is 2. The number of benzene rings is 2. The minimum Gasteiger partial charge on any atom is -0.378 e. The van der Waals surface area contributed by atoms with Crippen molar-refractivity contribution in [3.05, 3.63) is 58.9 Å². The smallest absolute Gasteiger partial charge is 0.149 e. The number of nitriles is 1. The topological polar surface area (TPSA) is 64.9 Å². The molecule has 4 rings (SSSR count). The van der Waals surface area contributed by atoms with Gasteiger partial charge in [0.05, 0.1) is 29.8 Å². The molecule has 136 valence electrons. The van der Waals surface area contributed by atoms with Gasteiger partial charge in [0.1, 0.15) is 11.9 Å².